The minimum Gasteiger partial charge on any atom is -0.388 e. The van der Waals surface area contributed by atoms with E-state index in [-0.39, 0.29) is 11.3 Å². The van der Waals surface area contributed by atoms with Crippen molar-refractivity contribution in [2.24, 2.45) is 0 Å². The maximum atomic E-state index is 11.2. The molecule has 0 amide bonds. The zero-order chi connectivity index (χ0) is 19.4. The van der Waals surface area contributed by atoms with Gasteiger partial charge >= 0.3 is 0 Å². The third-order valence-corrected chi connectivity index (χ3v) is 5.25. The predicted octanol–water partition coefficient (Wildman–Crippen LogP) is 4.52. The van der Waals surface area contributed by atoms with Crippen molar-refractivity contribution in [3.05, 3.63) is 96.1 Å². The largest absolute Gasteiger partial charge is 0.388 e. The molecule has 2 N–H and O–H groups in total. The van der Waals surface area contributed by atoms with Gasteiger partial charge in [-0.15, -0.1) is 0 Å². The van der Waals surface area contributed by atoms with Crippen molar-refractivity contribution in [1.29, 1.82) is 0 Å². The summed E-state index contributed by atoms with van der Waals surface area (Å²) >= 11 is 0. The highest BCUT2D eigenvalue weighted by molar-refractivity contribution is 7.85. The molecule has 3 aromatic carbocycles. The molecule has 0 radical (unpaired) electrons. The van der Waals surface area contributed by atoms with Gasteiger partial charge in [-0.25, -0.2) is 0 Å². The Morgan fingerprint density at radius 1 is 0.926 bits per heavy atom. The summed E-state index contributed by atoms with van der Waals surface area (Å²) in [6, 6.07) is 21.6. The smallest absolute Gasteiger partial charge is 0.294 e. The maximum Gasteiger partial charge on any atom is 0.294 e. The van der Waals surface area contributed by atoms with Crippen molar-refractivity contribution in [2.75, 3.05) is 0 Å². The van der Waals surface area contributed by atoms with E-state index in [0.717, 1.165) is 22.3 Å². The van der Waals surface area contributed by atoms with E-state index in [1.165, 1.54) is 12.1 Å². The number of hydrogen-bond acceptors (Lipinski definition) is 3. The van der Waals surface area contributed by atoms with Gasteiger partial charge in [-0.3, -0.25) is 4.55 Å². The molecule has 4 nitrogen and oxygen atoms in total. The quantitative estimate of drug-likeness (QED) is 0.617. The minimum absolute atomic E-state index is 0.175. The van der Waals surface area contributed by atoms with Crippen LogP contribution < -0.4 is 0 Å². The Labute approximate surface area is 159 Å². The number of benzene rings is 3. The first-order valence-electron chi connectivity index (χ1n) is 8.44. The molecular weight excluding hydrogens is 360 g/mol. The summed E-state index contributed by atoms with van der Waals surface area (Å²) in [6.45, 7) is 3.74. The summed E-state index contributed by atoms with van der Waals surface area (Å²) in [4.78, 5) is -0.175. The Morgan fingerprint density at radius 2 is 1.52 bits per heavy atom. The third kappa shape index (κ3) is 4.71. The zero-order valence-corrected chi connectivity index (χ0v) is 15.4. The molecule has 3 rings (SSSR count). The van der Waals surface area contributed by atoms with Crippen molar-refractivity contribution in [2.45, 2.75) is 17.4 Å². The SMILES string of the molecule is C=Cc1ccc(-c2ccc(C(O)Cc3cccc(S(=O)(=O)O)c3)cc2)cc1. The third-order valence-electron chi connectivity index (χ3n) is 4.40. The molecule has 0 saturated carbocycles. The highest BCUT2D eigenvalue weighted by atomic mass is 32.2. The first kappa shape index (κ1) is 19.0. The maximum absolute atomic E-state index is 11.2. The molecular formula is C22H20O4S. The van der Waals surface area contributed by atoms with E-state index in [1.54, 1.807) is 18.2 Å². The van der Waals surface area contributed by atoms with Crippen molar-refractivity contribution in [1.82, 2.24) is 0 Å². The monoisotopic (exact) mass is 380 g/mol. The highest BCUT2D eigenvalue weighted by Crippen LogP contribution is 2.25. The van der Waals surface area contributed by atoms with Crippen molar-refractivity contribution in [3.63, 3.8) is 0 Å². The van der Waals surface area contributed by atoms with E-state index in [2.05, 4.69) is 6.58 Å². The Morgan fingerprint density at radius 3 is 2.07 bits per heavy atom. The molecule has 1 atom stereocenters. The second-order valence-corrected chi connectivity index (χ2v) is 7.71. The van der Waals surface area contributed by atoms with E-state index in [4.69, 9.17) is 4.55 Å². The topological polar surface area (TPSA) is 74.6 Å². The fourth-order valence-electron chi connectivity index (χ4n) is 2.88. The van der Waals surface area contributed by atoms with E-state index < -0.39 is 16.2 Å². The summed E-state index contributed by atoms with van der Waals surface area (Å²) in [6.07, 6.45) is 1.26. The molecule has 0 spiro atoms. The first-order valence-corrected chi connectivity index (χ1v) is 9.88. The zero-order valence-electron chi connectivity index (χ0n) is 14.6. The average molecular weight is 380 g/mol. The van der Waals surface area contributed by atoms with E-state index in [1.807, 2.05) is 48.5 Å². The van der Waals surface area contributed by atoms with Gasteiger partial charge in [-0.1, -0.05) is 73.3 Å². The van der Waals surface area contributed by atoms with Crippen molar-refractivity contribution >= 4 is 16.2 Å². The molecule has 3 aromatic rings. The fourth-order valence-corrected chi connectivity index (χ4v) is 3.43. The second kappa shape index (κ2) is 7.88. The molecule has 5 heteroatoms. The van der Waals surface area contributed by atoms with Gasteiger partial charge in [0.1, 0.15) is 0 Å². The van der Waals surface area contributed by atoms with Crippen LogP contribution in [0.2, 0.25) is 0 Å². The lowest BCUT2D eigenvalue weighted by molar-refractivity contribution is 0.178. The van der Waals surface area contributed by atoms with Crippen LogP contribution in [0, 0.1) is 0 Å². The van der Waals surface area contributed by atoms with E-state index in [9.17, 15) is 13.5 Å². The van der Waals surface area contributed by atoms with E-state index >= 15 is 0 Å². The summed E-state index contributed by atoms with van der Waals surface area (Å²) in [5.41, 5.74) is 4.52. The van der Waals surface area contributed by atoms with Crippen LogP contribution >= 0.6 is 0 Å². The van der Waals surface area contributed by atoms with Gasteiger partial charge in [0.25, 0.3) is 10.1 Å². The average Bonchev–Trinajstić information content (AvgIpc) is 2.68. The molecule has 138 valence electrons. The van der Waals surface area contributed by atoms with Crippen LogP contribution in [0.3, 0.4) is 0 Å². The molecule has 0 aliphatic heterocycles. The fraction of sp³-hybridized carbons (Fsp3) is 0.0909. The molecule has 0 aliphatic carbocycles. The molecule has 1 unspecified atom stereocenters. The van der Waals surface area contributed by atoms with Crippen LogP contribution in [0.1, 0.15) is 22.8 Å². The molecule has 0 aromatic heterocycles. The molecule has 0 saturated heterocycles. The van der Waals surface area contributed by atoms with Crippen LogP contribution in [0.15, 0.2) is 84.3 Å². The lowest BCUT2D eigenvalue weighted by atomic mass is 9.98. The number of aliphatic hydroxyl groups is 1. The van der Waals surface area contributed by atoms with Gasteiger partial charge < -0.3 is 5.11 Å². The van der Waals surface area contributed by atoms with Crippen molar-refractivity contribution < 1.29 is 18.1 Å². The highest BCUT2D eigenvalue weighted by Gasteiger charge is 2.13. The predicted molar refractivity (Wildman–Crippen MR) is 107 cm³/mol. The second-order valence-electron chi connectivity index (χ2n) is 6.29. The first-order chi connectivity index (χ1) is 12.9. The molecule has 0 bridgehead atoms. The van der Waals surface area contributed by atoms with Gasteiger partial charge in [0, 0.05) is 6.42 Å². The lowest BCUT2D eigenvalue weighted by Gasteiger charge is -2.13. The van der Waals surface area contributed by atoms with Crippen LogP contribution in [-0.4, -0.2) is 18.1 Å². The van der Waals surface area contributed by atoms with Gasteiger partial charge in [0.2, 0.25) is 0 Å². The molecule has 27 heavy (non-hydrogen) atoms. The van der Waals surface area contributed by atoms with E-state index in [0.29, 0.717) is 5.56 Å². The van der Waals surface area contributed by atoms with Gasteiger partial charge in [-0.05, 0) is 39.9 Å². The Hall–Kier alpha value is -2.73. The number of hydrogen-bond donors (Lipinski definition) is 2. The van der Waals surface area contributed by atoms with Gasteiger partial charge in [0.15, 0.2) is 0 Å². The Kier molecular flexibility index (Phi) is 5.56. The van der Waals surface area contributed by atoms with Crippen molar-refractivity contribution in [3.8, 4) is 11.1 Å². The van der Waals surface area contributed by atoms with Gasteiger partial charge in [-0.2, -0.15) is 8.42 Å². The van der Waals surface area contributed by atoms with Crippen LogP contribution in [0.5, 0.6) is 0 Å². The Balaban J connectivity index is 1.75. The summed E-state index contributed by atoms with van der Waals surface area (Å²) in [7, 11) is -4.25. The Bertz CT molecular complexity index is 1040. The molecule has 0 heterocycles. The minimum atomic E-state index is -4.25. The number of rotatable bonds is 6. The van der Waals surface area contributed by atoms with Crippen LogP contribution in [0.25, 0.3) is 17.2 Å². The summed E-state index contributed by atoms with van der Waals surface area (Å²) in [5.74, 6) is 0. The molecule has 0 fully saturated rings. The normalized spacial score (nSPS) is 12.5. The molecule has 0 aliphatic rings. The summed E-state index contributed by atoms with van der Waals surface area (Å²) < 4.78 is 31.6. The summed E-state index contributed by atoms with van der Waals surface area (Å²) in [5, 5.41) is 10.5. The van der Waals surface area contributed by atoms with Crippen LogP contribution in [-0.2, 0) is 16.5 Å². The number of aliphatic hydroxyl groups excluding tert-OH is 1. The van der Waals surface area contributed by atoms with Crippen LogP contribution in [0.4, 0.5) is 0 Å². The van der Waals surface area contributed by atoms with Gasteiger partial charge in [0.05, 0.1) is 11.0 Å². The standard InChI is InChI=1S/C22H20O4S/c1-2-16-6-8-18(9-7-16)19-10-12-20(13-11-19)22(23)15-17-4-3-5-21(14-17)27(24,25)26/h2-14,22-23H,1,15H2,(H,24,25,26). The lowest BCUT2D eigenvalue weighted by Crippen LogP contribution is -2.04.